The Hall–Kier alpha value is -1.26. The van der Waals surface area contributed by atoms with Gasteiger partial charge in [-0.05, 0) is 28.1 Å². The quantitative estimate of drug-likeness (QED) is 0.256. The number of rotatable bonds is 3. The maximum atomic E-state index is 14.0. The Kier molecular flexibility index (Phi) is 8.47. The van der Waals surface area contributed by atoms with Crippen molar-refractivity contribution in [2.45, 2.75) is 24.2 Å². The van der Waals surface area contributed by atoms with Crippen LogP contribution in [0.2, 0.25) is 0 Å². The Labute approximate surface area is 184 Å². The summed E-state index contributed by atoms with van der Waals surface area (Å²) in [5.74, 6) is -4.44. The van der Waals surface area contributed by atoms with Gasteiger partial charge in [0.2, 0.25) is 0 Å². The molecule has 2 N–H and O–H groups in total. The number of anilines is 1. The largest absolute Gasteiger partial charge is 1.00 e. The molecule has 0 aliphatic carbocycles. The number of aliphatic carboxylic acids is 1. The van der Waals surface area contributed by atoms with E-state index in [2.05, 4.69) is 15.9 Å². The van der Waals surface area contributed by atoms with E-state index in [1.807, 2.05) is 0 Å². The first-order chi connectivity index (χ1) is 12.3. The molecule has 0 atom stereocenters. The molecule has 1 amide bonds. The van der Waals surface area contributed by atoms with Crippen molar-refractivity contribution < 1.29 is 88.2 Å². The fourth-order valence-electron chi connectivity index (χ4n) is 1.81. The zero-order valence-corrected chi connectivity index (χ0v) is 17.1. The molecular weight excluding hydrogens is 513 g/mol. The Morgan fingerprint density at radius 3 is 1.69 bits per heavy atom. The van der Waals surface area contributed by atoms with Gasteiger partial charge in [-0.1, -0.05) is 0 Å². The second-order valence-corrected chi connectivity index (χ2v) is 5.75. The number of carbonyl (C=O) groups excluding carboxylic acids is 2. The SMILES string of the molecule is O=C([O-])C(=O)NNc1c(Br)cc(C(F)(C(F)(F)F)C(F)(F)F)cc1C(F)(F)F.[Na+]. The normalized spacial score (nSPS) is 12.8. The molecule has 0 aliphatic rings. The van der Waals surface area contributed by atoms with Gasteiger partial charge in [-0.2, -0.15) is 39.5 Å². The molecule has 0 aliphatic heterocycles. The number of carboxylic acid groups (broad SMARTS) is 1. The van der Waals surface area contributed by atoms with Gasteiger partial charge in [-0.15, -0.1) is 0 Å². The molecule has 17 heteroatoms. The smallest absolute Gasteiger partial charge is 0.540 e. The fraction of sp³-hybridized carbons (Fsp3) is 0.333. The second kappa shape index (κ2) is 8.85. The second-order valence-electron chi connectivity index (χ2n) is 4.90. The van der Waals surface area contributed by atoms with Crippen LogP contribution >= 0.6 is 15.9 Å². The van der Waals surface area contributed by atoms with Crippen molar-refractivity contribution in [1.29, 1.82) is 0 Å². The summed E-state index contributed by atoms with van der Waals surface area (Å²) in [6.07, 6.45) is -19.0. The number of carbonyl (C=O) groups is 2. The Bertz CT molecular complexity index is 780. The molecule has 0 unspecified atom stereocenters. The van der Waals surface area contributed by atoms with E-state index >= 15 is 0 Å². The molecule has 0 fully saturated rings. The van der Waals surface area contributed by atoms with Gasteiger partial charge in [0, 0.05) is 10.0 Å². The first-order valence-electron chi connectivity index (χ1n) is 6.35. The van der Waals surface area contributed by atoms with Crippen LogP contribution in [0.1, 0.15) is 11.1 Å². The van der Waals surface area contributed by atoms with Crippen LogP contribution in [0.25, 0.3) is 0 Å². The van der Waals surface area contributed by atoms with Crippen molar-refractivity contribution in [2.24, 2.45) is 0 Å². The van der Waals surface area contributed by atoms with E-state index in [-0.39, 0.29) is 35.6 Å². The standard InChI is InChI=1S/C12H5BrF10N2O3.Na/c13-5-2-3(9(14,11(18,19)20)12(21,22)23)1-4(10(15,16)17)6(5)24-25-7(26)8(27)28;/h1-2,24H,(H,25,26)(H,27,28);/q;+1/p-1. The van der Waals surface area contributed by atoms with Gasteiger partial charge in [0.1, 0.15) is 5.97 Å². The van der Waals surface area contributed by atoms with E-state index in [0.29, 0.717) is 0 Å². The Balaban J connectivity index is 0.00000784. The van der Waals surface area contributed by atoms with Crippen molar-refractivity contribution >= 4 is 33.5 Å². The molecule has 5 nitrogen and oxygen atoms in total. The van der Waals surface area contributed by atoms with Crippen molar-refractivity contribution in [3.8, 4) is 0 Å². The van der Waals surface area contributed by atoms with Crippen LogP contribution in [-0.4, -0.2) is 24.2 Å². The van der Waals surface area contributed by atoms with Gasteiger partial charge < -0.3 is 9.90 Å². The van der Waals surface area contributed by atoms with Gasteiger partial charge in [0.25, 0.3) is 5.91 Å². The van der Waals surface area contributed by atoms with Crippen LogP contribution < -0.4 is 45.5 Å². The molecular formula is C12H4BrF10N2NaO3. The van der Waals surface area contributed by atoms with Crippen LogP contribution in [-0.2, 0) is 21.4 Å². The third kappa shape index (κ3) is 5.67. The summed E-state index contributed by atoms with van der Waals surface area (Å²) in [6, 6.07) is -1.04. The number of hydrogen-bond donors (Lipinski definition) is 2. The molecule has 1 aromatic rings. The fourth-order valence-corrected chi connectivity index (χ4v) is 2.37. The number of hydrogen-bond acceptors (Lipinski definition) is 4. The number of carboxylic acids is 1. The number of amides is 1. The van der Waals surface area contributed by atoms with Gasteiger partial charge in [-0.25, -0.2) is 4.39 Å². The van der Waals surface area contributed by atoms with Crippen LogP contribution in [0, 0.1) is 0 Å². The van der Waals surface area contributed by atoms with Crippen molar-refractivity contribution in [3.05, 3.63) is 27.7 Å². The average molecular weight is 517 g/mol. The maximum absolute atomic E-state index is 14.0. The summed E-state index contributed by atoms with van der Waals surface area (Å²) < 4.78 is 129. The summed E-state index contributed by atoms with van der Waals surface area (Å²) in [6.45, 7) is 0. The third-order valence-corrected chi connectivity index (χ3v) is 3.69. The van der Waals surface area contributed by atoms with E-state index < -0.39 is 63.4 Å². The Morgan fingerprint density at radius 2 is 1.34 bits per heavy atom. The average Bonchev–Trinajstić information content (AvgIpc) is 2.48. The third-order valence-electron chi connectivity index (χ3n) is 3.06. The molecule has 0 radical (unpaired) electrons. The van der Waals surface area contributed by atoms with Crippen LogP contribution in [0.4, 0.5) is 49.6 Å². The van der Waals surface area contributed by atoms with Crippen LogP contribution in [0.15, 0.2) is 16.6 Å². The molecule has 0 aromatic heterocycles. The number of alkyl halides is 10. The van der Waals surface area contributed by atoms with Crippen LogP contribution in [0.5, 0.6) is 0 Å². The molecule has 29 heavy (non-hydrogen) atoms. The molecule has 1 rings (SSSR count). The monoisotopic (exact) mass is 516 g/mol. The predicted octanol–water partition coefficient (Wildman–Crippen LogP) is -0.0457. The summed E-state index contributed by atoms with van der Waals surface area (Å²) in [7, 11) is 0. The number of halogens is 11. The minimum absolute atomic E-state index is 0. The first-order valence-corrected chi connectivity index (χ1v) is 7.14. The van der Waals surface area contributed by atoms with Gasteiger partial charge in [0.15, 0.2) is 0 Å². The first kappa shape index (κ1) is 27.7. The molecule has 0 saturated carbocycles. The number of nitrogens with one attached hydrogen (secondary N) is 2. The van der Waals surface area contributed by atoms with Crippen LogP contribution in [0.3, 0.4) is 0 Å². The minimum Gasteiger partial charge on any atom is -0.540 e. The zero-order chi connectivity index (χ0) is 22.3. The summed E-state index contributed by atoms with van der Waals surface area (Å²) in [4.78, 5) is 21.0. The van der Waals surface area contributed by atoms with Crippen molar-refractivity contribution in [3.63, 3.8) is 0 Å². The van der Waals surface area contributed by atoms with E-state index in [1.165, 1.54) is 5.43 Å². The van der Waals surface area contributed by atoms with Crippen molar-refractivity contribution in [2.75, 3.05) is 5.43 Å². The summed E-state index contributed by atoms with van der Waals surface area (Å²) in [5, 5.41) is 10.2. The molecule has 0 saturated heterocycles. The van der Waals surface area contributed by atoms with E-state index in [9.17, 15) is 58.6 Å². The van der Waals surface area contributed by atoms with Crippen molar-refractivity contribution in [1.82, 2.24) is 5.43 Å². The minimum atomic E-state index is -6.67. The molecule has 0 heterocycles. The van der Waals surface area contributed by atoms with E-state index in [1.54, 1.807) is 0 Å². The molecule has 0 bridgehead atoms. The Morgan fingerprint density at radius 1 is 0.897 bits per heavy atom. The number of benzene rings is 1. The van der Waals surface area contributed by atoms with Gasteiger partial charge in [0.05, 0.1) is 11.3 Å². The topological polar surface area (TPSA) is 81.3 Å². The number of hydrazine groups is 1. The summed E-state index contributed by atoms with van der Waals surface area (Å²) >= 11 is 2.23. The molecule has 1 aromatic carbocycles. The van der Waals surface area contributed by atoms with E-state index in [0.717, 1.165) is 5.43 Å². The predicted molar refractivity (Wildman–Crippen MR) is 70.8 cm³/mol. The summed E-state index contributed by atoms with van der Waals surface area (Å²) in [5.41, 5.74) is -9.77. The zero-order valence-electron chi connectivity index (χ0n) is 13.5. The molecule has 158 valence electrons. The maximum Gasteiger partial charge on any atom is 1.00 e. The van der Waals surface area contributed by atoms with Gasteiger partial charge >= 0.3 is 53.8 Å². The molecule has 0 spiro atoms. The van der Waals surface area contributed by atoms with E-state index in [4.69, 9.17) is 0 Å². The van der Waals surface area contributed by atoms with Gasteiger partial charge in [-0.3, -0.25) is 15.6 Å².